The fraction of sp³-hybridized carbons (Fsp3) is 0.720. The van der Waals surface area contributed by atoms with E-state index in [9.17, 15) is 19.5 Å². The van der Waals surface area contributed by atoms with E-state index in [0.717, 1.165) is 19.3 Å². The second-order valence-electron chi connectivity index (χ2n) is 9.27. The van der Waals surface area contributed by atoms with E-state index in [0.29, 0.717) is 12.0 Å². The van der Waals surface area contributed by atoms with E-state index >= 15 is 0 Å². The molecule has 0 saturated heterocycles. The van der Waals surface area contributed by atoms with Crippen LogP contribution in [0.4, 0.5) is 0 Å². The zero-order valence-corrected chi connectivity index (χ0v) is 19.5. The van der Waals surface area contributed by atoms with Crippen LogP contribution in [0.15, 0.2) is 23.8 Å². The van der Waals surface area contributed by atoms with Crippen molar-refractivity contribution in [1.29, 1.82) is 0 Å². The standard InChI is InChI=1S/C25H40O5/c1-6-7-8-9-10-11-12-13-23(28)30-17-15-19(2)20(26)18-21-24(3,4)22(27)14-16-25(21,5)29/h14-16,21,29H,6-13,17-18H2,1-5H3. The van der Waals surface area contributed by atoms with Crippen LogP contribution in [0.25, 0.3) is 0 Å². The van der Waals surface area contributed by atoms with Gasteiger partial charge in [0.1, 0.15) is 6.61 Å². The van der Waals surface area contributed by atoms with Crippen molar-refractivity contribution in [3.63, 3.8) is 0 Å². The quantitative estimate of drug-likeness (QED) is 0.254. The molecule has 1 rings (SSSR count). The molecular formula is C25H40O5. The summed E-state index contributed by atoms with van der Waals surface area (Å²) in [4.78, 5) is 36.7. The molecule has 0 radical (unpaired) electrons. The van der Waals surface area contributed by atoms with Gasteiger partial charge in [-0.2, -0.15) is 0 Å². The topological polar surface area (TPSA) is 80.7 Å². The fourth-order valence-electron chi connectivity index (χ4n) is 3.96. The van der Waals surface area contributed by atoms with Gasteiger partial charge in [-0.05, 0) is 44.1 Å². The second kappa shape index (κ2) is 12.2. The molecule has 30 heavy (non-hydrogen) atoms. The summed E-state index contributed by atoms with van der Waals surface area (Å²) < 4.78 is 5.21. The first kappa shape index (κ1) is 26.3. The van der Waals surface area contributed by atoms with Gasteiger partial charge in [-0.15, -0.1) is 0 Å². The summed E-state index contributed by atoms with van der Waals surface area (Å²) in [7, 11) is 0. The van der Waals surface area contributed by atoms with E-state index in [2.05, 4.69) is 6.92 Å². The van der Waals surface area contributed by atoms with Crippen LogP contribution in [0.5, 0.6) is 0 Å². The molecule has 1 aliphatic carbocycles. The Morgan fingerprint density at radius 2 is 1.70 bits per heavy atom. The Hall–Kier alpha value is -1.75. The van der Waals surface area contributed by atoms with Crippen LogP contribution >= 0.6 is 0 Å². The normalized spacial score (nSPS) is 23.5. The number of ether oxygens (including phenoxy) is 1. The molecule has 5 heteroatoms. The summed E-state index contributed by atoms with van der Waals surface area (Å²) in [6, 6.07) is 0. The summed E-state index contributed by atoms with van der Waals surface area (Å²) in [5, 5.41) is 10.7. The molecule has 0 amide bonds. The smallest absolute Gasteiger partial charge is 0.306 e. The molecule has 0 aliphatic heterocycles. The predicted octanol–water partition coefficient (Wildman–Crippen LogP) is 5.11. The number of carbonyl (C=O) groups is 3. The lowest BCUT2D eigenvalue weighted by Crippen LogP contribution is -2.49. The van der Waals surface area contributed by atoms with Gasteiger partial charge in [0, 0.05) is 24.2 Å². The number of hydrogen-bond donors (Lipinski definition) is 1. The number of hydrogen-bond acceptors (Lipinski definition) is 5. The van der Waals surface area contributed by atoms with Crippen molar-refractivity contribution in [1.82, 2.24) is 0 Å². The summed E-state index contributed by atoms with van der Waals surface area (Å²) >= 11 is 0. The molecule has 0 heterocycles. The number of Topliss-reactive ketones (excluding diaryl/α,β-unsaturated/α-hetero) is 1. The number of allylic oxidation sites excluding steroid dienone is 2. The first-order valence-corrected chi connectivity index (χ1v) is 11.3. The van der Waals surface area contributed by atoms with Gasteiger partial charge < -0.3 is 9.84 Å². The largest absolute Gasteiger partial charge is 0.461 e. The van der Waals surface area contributed by atoms with Crippen LogP contribution in [0.3, 0.4) is 0 Å². The lowest BCUT2D eigenvalue weighted by atomic mass is 9.62. The monoisotopic (exact) mass is 420 g/mol. The Morgan fingerprint density at radius 3 is 2.33 bits per heavy atom. The summed E-state index contributed by atoms with van der Waals surface area (Å²) in [5.74, 6) is -1.00. The molecule has 5 nitrogen and oxygen atoms in total. The number of unbranched alkanes of at least 4 members (excludes halogenated alkanes) is 6. The van der Waals surface area contributed by atoms with E-state index < -0.39 is 16.9 Å². The maximum atomic E-state index is 12.6. The zero-order valence-electron chi connectivity index (χ0n) is 19.5. The van der Waals surface area contributed by atoms with Gasteiger partial charge in [-0.25, -0.2) is 0 Å². The molecule has 0 spiro atoms. The molecule has 0 fully saturated rings. The van der Waals surface area contributed by atoms with Crippen LogP contribution in [-0.2, 0) is 19.1 Å². The Bertz CT molecular complexity index is 654. The van der Waals surface area contributed by atoms with Crippen molar-refractivity contribution in [3.8, 4) is 0 Å². The predicted molar refractivity (Wildman–Crippen MR) is 119 cm³/mol. The maximum Gasteiger partial charge on any atom is 0.306 e. The van der Waals surface area contributed by atoms with E-state index in [1.807, 2.05) is 0 Å². The number of rotatable bonds is 13. The minimum absolute atomic E-state index is 0.0599. The van der Waals surface area contributed by atoms with Crippen molar-refractivity contribution in [2.45, 2.75) is 98.0 Å². The summed E-state index contributed by atoms with van der Waals surface area (Å²) in [5.41, 5.74) is -1.57. The van der Waals surface area contributed by atoms with E-state index in [-0.39, 0.29) is 30.6 Å². The lowest BCUT2D eigenvalue weighted by Gasteiger charge is -2.43. The molecule has 2 unspecified atom stereocenters. The third-order valence-electron chi connectivity index (χ3n) is 6.23. The number of aliphatic hydroxyl groups is 1. The van der Waals surface area contributed by atoms with Crippen molar-refractivity contribution >= 4 is 17.5 Å². The minimum Gasteiger partial charge on any atom is -0.461 e. The molecule has 0 aromatic rings. The number of esters is 1. The number of ketones is 2. The van der Waals surface area contributed by atoms with Crippen LogP contribution in [0.2, 0.25) is 0 Å². The van der Waals surface area contributed by atoms with Crippen LogP contribution < -0.4 is 0 Å². The van der Waals surface area contributed by atoms with Crippen molar-refractivity contribution in [2.24, 2.45) is 11.3 Å². The van der Waals surface area contributed by atoms with Gasteiger partial charge in [0.05, 0.1) is 5.60 Å². The average molecular weight is 421 g/mol. The third kappa shape index (κ3) is 8.17. The van der Waals surface area contributed by atoms with Gasteiger partial charge in [0.2, 0.25) is 0 Å². The van der Waals surface area contributed by atoms with Gasteiger partial charge in [0.25, 0.3) is 0 Å². The second-order valence-corrected chi connectivity index (χ2v) is 9.27. The Kier molecular flexibility index (Phi) is 10.7. The Balaban J connectivity index is 2.41. The van der Waals surface area contributed by atoms with Crippen LogP contribution in [0.1, 0.15) is 92.4 Å². The molecular weight excluding hydrogens is 380 g/mol. The molecule has 0 aromatic heterocycles. The number of carbonyl (C=O) groups excluding carboxylic acids is 3. The molecule has 2 atom stereocenters. The minimum atomic E-state index is -1.23. The van der Waals surface area contributed by atoms with E-state index in [1.165, 1.54) is 37.8 Å². The zero-order chi connectivity index (χ0) is 22.8. The SMILES string of the molecule is CCCCCCCCCC(=O)OCC=C(C)C(=O)CC1C(C)(O)C=CC(=O)C1(C)C. The molecule has 1 aliphatic rings. The van der Waals surface area contributed by atoms with Crippen LogP contribution in [-0.4, -0.2) is 34.9 Å². The Labute approximate surface area is 182 Å². The highest BCUT2D eigenvalue weighted by atomic mass is 16.5. The van der Waals surface area contributed by atoms with Crippen molar-refractivity contribution in [2.75, 3.05) is 6.61 Å². The summed E-state index contributed by atoms with van der Waals surface area (Å²) in [6.45, 7) is 9.08. The fourth-order valence-corrected chi connectivity index (χ4v) is 3.96. The van der Waals surface area contributed by atoms with Gasteiger partial charge in [-0.1, -0.05) is 59.3 Å². The van der Waals surface area contributed by atoms with Crippen molar-refractivity contribution < 1.29 is 24.2 Å². The molecule has 0 bridgehead atoms. The van der Waals surface area contributed by atoms with Gasteiger partial charge in [-0.3, -0.25) is 14.4 Å². The highest BCUT2D eigenvalue weighted by molar-refractivity contribution is 5.98. The van der Waals surface area contributed by atoms with Gasteiger partial charge >= 0.3 is 5.97 Å². The molecule has 1 N–H and O–H groups in total. The highest BCUT2D eigenvalue weighted by Gasteiger charge is 2.48. The highest BCUT2D eigenvalue weighted by Crippen LogP contribution is 2.43. The Morgan fingerprint density at radius 1 is 1.10 bits per heavy atom. The average Bonchev–Trinajstić information content (AvgIpc) is 2.67. The van der Waals surface area contributed by atoms with Crippen LogP contribution in [0, 0.1) is 11.3 Å². The van der Waals surface area contributed by atoms with Gasteiger partial charge in [0.15, 0.2) is 11.6 Å². The molecule has 170 valence electrons. The lowest BCUT2D eigenvalue weighted by molar-refractivity contribution is -0.142. The first-order chi connectivity index (χ1) is 14.0. The summed E-state index contributed by atoms with van der Waals surface area (Å²) in [6.07, 6.45) is 13.0. The first-order valence-electron chi connectivity index (χ1n) is 11.3. The maximum absolute atomic E-state index is 12.6. The van der Waals surface area contributed by atoms with E-state index in [4.69, 9.17) is 4.74 Å². The molecule has 0 aromatic carbocycles. The van der Waals surface area contributed by atoms with Crippen molar-refractivity contribution in [3.05, 3.63) is 23.8 Å². The third-order valence-corrected chi connectivity index (χ3v) is 6.23. The molecule has 0 saturated carbocycles. The van der Waals surface area contributed by atoms with E-state index in [1.54, 1.807) is 33.8 Å².